The van der Waals surface area contributed by atoms with E-state index >= 15 is 0 Å². The summed E-state index contributed by atoms with van der Waals surface area (Å²) in [5.41, 5.74) is 0. The quantitative estimate of drug-likeness (QED) is 0.353. The highest BCUT2D eigenvalue weighted by molar-refractivity contribution is 6.51. The molecule has 2 N–H and O–H groups in total. The van der Waals surface area contributed by atoms with Crippen LogP contribution < -0.4 is 0 Å². The van der Waals surface area contributed by atoms with Crippen molar-refractivity contribution in [2.75, 3.05) is 0 Å². The van der Waals surface area contributed by atoms with Crippen LogP contribution in [0.25, 0.3) is 0 Å². The Morgan fingerprint density at radius 3 is 1.80 bits per heavy atom. The second-order valence-corrected chi connectivity index (χ2v) is 0.889. The summed E-state index contributed by atoms with van der Waals surface area (Å²) in [6.07, 6.45) is 0.417. The molecule has 28 valence electrons. The standard InChI is InChI=1S/CH6B2O2/c2-1-3(4)5/h4-5H,1-2H2. The van der Waals surface area contributed by atoms with Crippen LogP contribution in [-0.4, -0.2) is 25.0 Å². The Kier molecular flexibility index (Phi) is 2.32. The van der Waals surface area contributed by atoms with Crippen LogP contribution in [-0.2, 0) is 0 Å². The molecule has 0 atom stereocenters. The molecule has 2 nitrogen and oxygen atoms in total. The largest absolute Gasteiger partial charge is 0.443 e. The summed E-state index contributed by atoms with van der Waals surface area (Å²) in [5.74, 6) is 0. The molecular formula is CH6B2O2. The van der Waals surface area contributed by atoms with Gasteiger partial charge in [0.1, 0.15) is 0 Å². The molecule has 4 heteroatoms. The minimum atomic E-state index is -1.12. The Balaban J connectivity index is 2.54. The van der Waals surface area contributed by atoms with Gasteiger partial charge < -0.3 is 10.0 Å². The molecule has 0 aromatic carbocycles. The van der Waals surface area contributed by atoms with E-state index in [9.17, 15) is 0 Å². The monoisotopic (exact) mass is 72.1 g/mol. The summed E-state index contributed by atoms with van der Waals surface area (Å²) in [7, 11) is 0.583. The minimum absolute atomic E-state index is 0.417. The Morgan fingerprint density at radius 2 is 1.80 bits per heavy atom. The van der Waals surface area contributed by atoms with E-state index in [1.165, 1.54) is 0 Å². The highest BCUT2D eigenvalue weighted by atomic mass is 16.4. The van der Waals surface area contributed by atoms with Gasteiger partial charge in [-0.05, 0) is 6.22 Å². The Labute approximate surface area is 32.4 Å². The van der Waals surface area contributed by atoms with Gasteiger partial charge >= 0.3 is 7.12 Å². The molecule has 0 amide bonds. The van der Waals surface area contributed by atoms with E-state index in [4.69, 9.17) is 10.0 Å². The van der Waals surface area contributed by atoms with Crippen molar-refractivity contribution in [2.45, 2.75) is 6.22 Å². The topological polar surface area (TPSA) is 40.5 Å². The van der Waals surface area contributed by atoms with Crippen molar-refractivity contribution in [3.05, 3.63) is 0 Å². The molecule has 0 fully saturated rings. The van der Waals surface area contributed by atoms with Crippen LogP contribution in [0.5, 0.6) is 0 Å². The fourth-order valence-electron chi connectivity index (χ4n) is 0. The van der Waals surface area contributed by atoms with Crippen LogP contribution in [0, 0.1) is 0 Å². The van der Waals surface area contributed by atoms with E-state index in [-0.39, 0.29) is 0 Å². The smallest absolute Gasteiger partial charge is 0.428 e. The van der Waals surface area contributed by atoms with Crippen molar-refractivity contribution in [2.24, 2.45) is 0 Å². The fourth-order valence-corrected chi connectivity index (χ4v) is 0. The average Bonchev–Trinajstić information content (AvgIpc) is 1.38. The van der Waals surface area contributed by atoms with Crippen molar-refractivity contribution < 1.29 is 10.0 Å². The molecular weight excluding hydrogens is 65.6 g/mol. The first-order valence-electron chi connectivity index (χ1n) is 1.63. The first-order chi connectivity index (χ1) is 2.27. The molecule has 0 aromatic heterocycles. The van der Waals surface area contributed by atoms with Gasteiger partial charge in [-0.1, -0.05) is 0 Å². The molecule has 0 aromatic rings. The van der Waals surface area contributed by atoms with Gasteiger partial charge in [0.25, 0.3) is 0 Å². The van der Waals surface area contributed by atoms with Crippen molar-refractivity contribution in [3.8, 4) is 0 Å². The van der Waals surface area contributed by atoms with Gasteiger partial charge in [-0.2, -0.15) is 0 Å². The predicted molar refractivity (Wildman–Crippen MR) is 23.5 cm³/mol. The van der Waals surface area contributed by atoms with Gasteiger partial charge in [0.15, 0.2) is 0 Å². The normalized spacial score (nSPS) is 7.60. The van der Waals surface area contributed by atoms with Gasteiger partial charge in [0.05, 0.1) is 7.85 Å². The molecule has 0 aliphatic rings. The lowest BCUT2D eigenvalue weighted by Crippen LogP contribution is -2.08. The summed E-state index contributed by atoms with van der Waals surface area (Å²) in [6.45, 7) is 0. The van der Waals surface area contributed by atoms with Crippen molar-refractivity contribution in [1.29, 1.82) is 0 Å². The van der Waals surface area contributed by atoms with Gasteiger partial charge in [-0.3, -0.25) is 0 Å². The van der Waals surface area contributed by atoms with Crippen LogP contribution in [0.3, 0.4) is 0 Å². The minimum Gasteiger partial charge on any atom is -0.428 e. The summed E-state index contributed by atoms with van der Waals surface area (Å²) in [4.78, 5) is 0. The van der Waals surface area contributed by atoms with Gasteiger partial charge in [-0.25, -0.2) is 0 Å². The fraction of sp³-hybridized carbons (Fsp3) is 1.00. The molecule has 0 radical (unpaired) electrons. The summed E-state index contributed by atoms with van der Waals surface area (Å²) in [5, 5.41) is 15.8. The lowest BCUT2D eigenvalue weighted by Gasteiger charge is -1.81. The molecule has 0 heterocycles. The van der Waals surface area contributed by atoms with Crippen LogP contribution >= 0.6 is 0 Å². The lowest BCUT2D eigenvalue weighted by molar-refractivity contribution is 0.414. The number of hydrogen-bond acceptors (Lipinski definition) is 2. The third-order valence-electron chi connectivity index (χ3n) is 0.365. The molecule has 0 unspecified atom stereocenters. The van der Waals surface area contributed by atoms with Gasteiger partial charge in [0, 0.05) is 0 Å². The van der Waals surface area contributed by atoms with E-state index < -0.39 is 7.12 Å². The molecule has 5 heavy (non-hydrogen) atoms. The molecule has 0 saturated carbocycles. The van der Waals surface area contributed by atoms with Crippen molar-refractivity contribution in [1.82, 2.24) is 0 Å². The molecule has 0 aliphatic carbocycles. The zero-order chi connectivity index (χ0) is 4.28. The lowest BCUT2D eigenvalue weighted by atomic mass is 9.74. The maximum absolute atomic E-state index is 7.92. The number of rotatable bonds is 1. The first kappa shape index (κ1) is 5.05. The van der Waals surface area contributed by atoms with E-state index in [1.54, 1.807) is 7.85 Å². The summed E-state index contributed by atoms with van der Waals surface area (Å²) >= 11 is 0. The Morgan fingerprint density at radius 1 is 1.60 bits per heavy atom. The highest BCUT2D eigenvalue weighted by Gasteiger charge is 1.96. The highest BCUT2D eigenvalue weighted by Crippen LogP contribution is 1.67. The second-order valence-electron chi connectivity index (χ2n) is 0.889. The van der Waals surface area contributed by atoms with E-state index in [2.05, 4.69) is 0 Å². The molecule has 0 rings (SSSR count). The van der Waals surface area contributed by atoms with Crippen LogP contribution in [0.2, 0.25) is 6.22 Å². The average molecular weight is 71.7 g/mol. The second kappa shape index (κ2) is 2.30. The summed E-state index contributed by atoms with van der Waals surface area (Å²) < 4.78 is 0. The maximum atomic E-state index is 7.92. The summed E-state index contributed by atoms with van der Waals surface area (Å²) in [6, 6.07) is 0. The zero-order valence-electron chi connectivity index (χ0n) is 3.18. The predicted octanol–water partition coefficient (Wildman–Crippen LogP) is -1.95. The third-order valence-corrected chi connectivity index (χ3v) is 0.365. The van der Waals surface area contributed by atoms with Gasteiger partial charge in [0.2, 0.25) is 0 Å². The SMILES string of the molecule is BCB(O)O. The third kappa shape index (κ3) is 4.05. The van der Waals surface area contributed by atoms with E-state index in [1.807, 2.05) is 0 Å². The molecule has 0 spiro atoms. The molecule has 0 bridgehead atoms. The van der Waals surface area contributed by atoms with Crippen LogP contribution in [0.1, 0.15) is 0 Å². The Bertz CT molecular complexity index is 21.6. The first-order valence-corrected chi connectivity index (χ1v) is 1.63. The molecule has 0 aliphatic heterocycles. The van der Waals surface area contributed by atoms with Crippen molar-refractivity contribution in [3.63, 3.8) is 0 Å². The van der Waals surface area contributed by atoms with E-state index in [0.29, 0.717) is 6.22 Å². The van der Waals surface area contributed by atoms with Crippen LogP contribution in [0.15, 0.2) is 0 Å². The number of hydrogen-bond donors (Lipinski definition) is 2. The van der Waals surface area contributed by atoms with Crippen LogP contribution in [0.4, 0.5) is 0 Å². The van der Waals surface area contributed by atoms with Crippen molar-refractivity contribution >= 4 is 15.0 Å². The van der Waals surface area contributed by atoms with Gasteiger partial charge in [-0.15, -0.1) is 0 Å². The zero-order valence-corrected chi connectivity index (χ0v) is 3.18. The maximum Gasteiger partial charge on any atom is 0.443 e. The van der Waals surface area contributed by atoms with E-state index in [0.717, 1.165) is 0 Å². The molecule has 0 saturated heterocycles. The Hall–Kier alpha value is 0.0499.